The fourth-order valence-electron chi connectivity index (χ4n) is 2.32. The smallest absolute Gasteiger partial charge is 0.269 e. The van der Waals surface area contributed by atoms with Gasteiger partial charge >= 0.3 is 0 Å². The van der Waals surface area contributed by atoms with Crippen LogP contribution in [-0.2, 0) is 6.42 Å². The van der Waals surface area contributed by atoms with Gasteiger partial charge in [0.2, 0.25) is 0 Å². The van der Waals surface area contributed by atoms with Crippen LogP contribution in [0, 0.1) is 0 Å². The Morgan fingerprint density at radius 3 is 2.96 bits per heavy atom. The van der Waals surface area contributed by atoms with Crippen LogP contribution in [0.2, 0.25) is 5.02 Å². The normalized spacial score (nSPS) is 12.1. The molecule has 0 aliphatic carbocycles. The molecule has 0 fully saturated rings. The first-order valence-electron chi connectivity index (χ1n) is 7.26. The Kier molecular flexibility index (Phi) is 4.48. The van der Waals surface area contributed by atoms with Gasteiger partial charge in [-0.15, -0.1) is 0 Å². The molecule has 0 unspecified atom stereocenters. The van der Waals surface area contributed by atoms with Crippen LogP contribution in [0.3, 0.4) is 0 Å². The van der Waals surface area contributed by atoms with Crippen LogP contribution >= 0.6 is 11.6 Å². The summed E-state index contributed by atoms with van der Waals surface area (Å²) in [5.41, 5.74) is 1.94. The zero-order chi connectivity index (χ0) is 16.2. The molecule has 0 aliphatic heterocycles. The number of aromatic nitrogens is 2. The van der Waals surface area contributed by atoms with Crippen molar-refractivity contribution in [3.05, 3.63) is 65.2 Å². The minimum atomic E-state index is -0.204. The molecule has 0 saturated heterocycles. The van der Waals surface area contributed by atoms with E-state index in [-0.39, 0.29) is 11.9 Å². The molecule has 2 heterocycles. The van der Waals surface area contributed by atoms with Gasteiger partial charge in [-0.3, -0.25) is 9.89 Å². The fourth-order valence-corrected chi connectivity index (χ4v) is 2.51. The Balaban J connectivity index is 1.66. The van der Waals surface area contributed by atoms with E-state index in [1.54, 1.807) is 24.5 Å². The number of hydrogen-bond acceptors (Lipinski definition) is 3. The molecule has 118 valence electrons. The van der Waals surface area contributed by atoms with Crippen LogP contribution in [0.25, 0.3) is 11.3 Å². The molecule has 0 spiro atoms. The fraction of sp³-hybridized carbons (Fsp3) is 0.176. The number of H-pyrrole nitrogens is 1. The lowest BCUT2D eigenvalue weighted by Crippen LogP contribution is -2.34. The summed E-state index contributed by atoms with van der Waals surface area (Å²) in [5, 5.41) is 10.5. The number of amides is 1. The van der Waals surface area contributed by atoms with Crippen molar-refractivity contribution < 1.29 is 9.21 Å². The van der Waals surface area contributed by atoms with Crippen molar-refractivity contribution in [3.8, 4) is 11.3 Å². The molecule has 1 amide bonds. The summed E-state index contributed by atoms with van der Waals surface area (Å²) in [4.78, 5) is 12.3. The molecule has 5 nitrogen and oxygen atoms in total. The number of halogens is 1. The predicted molar refractivity (Wildman–Crippen MR) is 88.4 cm³/mol. The third-order valence-corrected chi connectivity index (χ3v) is 3.64. The third-order valence-electron chi connectivity index (χ3n) is 3.41. The SMILES string of the molecule is C[C@H](Cc1ccco1)NC(=O)c1cc(-c2cccc(Cl)c2)n[nH]1. The van der Waals surface area contributed by atoms with Crippen LogP contribution in [0.1, 0.15) is 23.2 Å². The van der Waals surface area contributed by atoms with E-state index >= 15 is 0 Å². The van der Waals surface area contributed by atoms with E-state index < -0.39 is 0 Å². The first-order valence-corrected chi connectivity index (χ1v) is 7.64. The Bertz CT molecular complexity index is 796. The number of hydrogen-bond donors (Lipinski definition) is 2. The van der Waals surface area contributed by atoms with E-state index in [2.05, 4.69) is 15.5 Å². The average Bonchev–Trinajstić information content (AvgIpc) is 3.18. The van der Waals surface area contributed by atoms with Crippen LogP contribution in [0.5, 0.6) is 0 Å². The molecule has 2 aromatic heterocycles. The van der Waals surface area contributed by atoms with Gasteiger partial charge in [0, 0.05) is 23.0 Å². The minimum Gasteiger partial charge on any atom is -0.469 e. The van der Waals surface area contributed by atoms with E-state index in [0.29, 0.717) is 22.8 Å². The maximum Gasteiger partial charge on any atom is 0.269 e. The number of nitrogens with zero attached hydrogens (tertiary/aromatic N) is 1. The largest absolute Gasteiger partial charge is 0.469 e. The number of nitrogens with one attached hydrogen (secondary N) is 2. The molecule has 3 aromatic rings. The molecule has 1 atom stereocenters. The van der Waals surface area contributed by atoms with Gasteiger partial charge in [0.1, 0.15) is 11.5 Å². The summed E-state index contributed by atoms with van der Waals surface area (Å²) in [6, 6.07) is 12.7. The van der Waals surface area contributed by atoms with E-state index in [1.165, 1.54) is 0 Å². The van der Waals surface area contributed by atoms with E-state index in [0.717, 1.165) is 11.3 Å². The zero-order valence-electron chi connectivity index (χ0n) is 12.5. The highest BCUT2D eigenvalue weighted by Gasteiger charge is 2.14. The van der Waals surface area contributed by atoms with Crippen molar-refractivity contribution in [1.82, 2.24) is 15.5 Å². The van der Waals surface area contributed by atoms with Crippen LogP contribution < -0.4 is 5.32 Å². The van der Waals surface area contributed by atoms with Crippen LogP contribution in [-0.4, -0.2) is 22.1 Å². The van der Waals surface area contributed by atoms with Gasteiger partial charge in [0.15, 0.2) is 0 Å². The molecule has 3 rings (SSSR count). The molecule has 0 aliphatic rings. The third kappa shape index (κ3) is 3.81. The number of carbonyl (C=O) groups is 1. The van der Waals surface area contributed by atoms with Crippen molar-refractivity contribution in [1.29, 1.82) is 0 Å². The molecule has 0 radical (unpaired) electrons. The highest BCUT2D eigenvalue weighted by molar-refractivity contribution is 6.30. The number of benzene rings is 1. The summed E-state index contributed by atoms with van der Waals surface area (Å²) < 4.78 is 5.28. The van der Waals surface area contributed by atoms with Crippen LogP contribution in [0.4, 0.5) is 0 Å². The second kappa shape index (κ2) is 6.71. The first kappa shape index (κ1) is 15.4. The lowest BCUT2D eigenvalue weighted by molar-refractivity contribution is 0.0934. The van der Waals surface area contributed by atoms with E-state index in [4.69, 9.17) is 16.0 Å². The molecule has 2 N–H and O–H groups in total. The maximum atomic E-state index is 12.3. The van der Waals surface area contributed by atoms with Crippen molar-refractivity contribution >= 4 is 17.5 Å². The summed E-state index contributed by atoms with van der Waals surface area (Å²) in [6.45, 7) is 1.93. The molecular formula is C17H16ClN3O2. The quantitative estimate of drug-likeness (QED) is 0.750. The highest BCUT2D eigenvalue weighted by atomic mass is 35.5. The Morgan fingerprint density at radius 1 is 1.35 bits per heavy atom. The number of furan rings is 1. The highest BCUT2D eigenvalue weighted by Crippen LogP contribution is 2.21. The maximum absolute atomic E-state index is 12.3. The molecular weight excluding hydrogens is 314 g/mol. The predicted octanol–water partition coefficient (Wildman–Crippen LogP) is 3.68. The summed E-state index contributed by atoms with van der Waals surface area (Å²) >= 11 is 5.97. The summed E-state index contributed by atoms with van der Waals surface area (Å²) in [6.07, 6.45) is 2.25. The number of aromatic amines is 1. The van der Waals surface area contributed by atoms with Gasteiger partial charge < -0.3 is 9.73 Å². The molecule has 6 heteroatoms. The average molecular weight is 330 g/mol. The van der Waals surface area contributed by atoms with Crippen molar-refractivity contribution in [2.75, 3.05) is 0 Å². The zero-order valence-corrected chi connectivity index (χ0v) is 13.3. The molecule has 0 saturated carbocycles. The van der Waals surface area contributed by atoms with Gasteiger partial charge in [-0.05, 0) is 37.3 Å². The van der Waals surface area contributed by atoms with Gasteiger partial charge in [-0.25, -0.2) is 0 Å². The van der Waals surface area contributed by atoms with Crippen LogP contribution in [0.15, 0.2) is 53.1 Å². The Labute approximate surface area is 138 Å². The lowest BCUT2D eigenvalue weighted by Gasteiger charge is -2.11. The first-order chi connectivity index (χ1) is 11.1. The monoisotopic (exact) mass is 329 g/mol. The van der Waals surface area contributed by atoms with Gasteiger partial charge in [-0.2, -0.15) is 5.10 Å². The van der Waals surface area contributed by atoms with E-state index in [1.807, 2.05) is 31.2 Å². The lowest BCUT2D eigenvalue weighted by atomic mass is 10.1. The van der Waals surface area contributed by atoms with Gasteiger partial charge in [0.05, 0.1) is 12.0 Å². The molecule has 1 aromatic carbocycles. The Morgan fingerprint density at radius 2 is 2.22 bits per heavy atom. The van der Waals surface area contributed by atoms with E-state index in [9.17, 15) is 4.79 Å². The van der Waals surface area contributed by atoms with Crippen molar-refractivity contribution in [2.45, 2.75) is 19.4 Å². The van der Waals surface area contributed by atoms with Gasteiger partial charge in [-0.1, -0.05) is 23.7 Å². The number of rotatable bonds is 5. The molecule has 23 heavy (non-hydrogen) atoms. The van der Waals surface area contributed by atoms with Gasteiger partial charge in [0.25, 0.3) is 5.91 Å². The molecule has 0 bridgehead atoms. The number of carbonyl (C=O) groups excluding carboxylic acids is 1. The standard InChI is InChI=1S/C17H16ClN3O2/c1-11(8-14-6-3-7-23-14)19-17(22)16-10-15(20-21-16)12-4-2-5-13(18)9-12/h2-7,9-11H,8H2,1H3,(H,19,22)(H,20,21)/t11-/m1/s1. The second-order valence-electron chi connectivity index (χ2n) is 5.34. The summed E-state index contributed by atoms with van der Waals surface area (Å²) in [5.74, 6) is 0.631. The minimum absolute atomic E-state index is 0.0495. The Hall–Kier alpha value is -2.53. The summed E-state index contributed by atoms with van der Waals surface area (Å²) in [7, 11) is 0. The topological polar surface area (TPSA) is 70.9 Å². The van der Waals surface area contributed by atoms with Crippen molar-refractivity contribution in [2.24, 2.45) is 0 Å². The second-order valence-corrected chi connectivity index (χ2v) is 5.77. The van der Waals surface area contributed by atoms with Crippen molar-refractivity contribution in [3.63, 3.8) is 0 Å².